The van der Waals surface area contributed by atoms with Crippen LogP contribution >= 0.6 is 0 Å². The van der Waals surface area contributed by atoms with Crippen molar-refractivity contribution < 1.29 is 13.6 Å². The van der Waals surface area contributed by atoms with Gasteiger partial charge in [0.25, 0.3) is 5.91 Å². The Hall–Kier alpha value is -0.710. The van der Waals surface area contributed by atoms with Gasteiger partial charge in [0.15, 0.2) is 0 Å². The van der Waals surface area contributed by atoms with Crippen molar-refractivity contribution >= 4 is 5.91 Å². The molecule has 0 aromatic carbocycles. The molecule has 0 heterocycles. The van der Waals surface area contributed by atoms with E-state index in [0.29, 0.717) is 13.1 Å². The molecule has 0 aromatic rings. The Morgan fingerprint density at radius 3 is 2.08 bits per heavy atom. The van der Waals surface area contributed by atoms with Gasteiger partial charge in [0.1, 0.15) is 0 Å². The summed E-state index contributed by atoms with van der Waals surface area (Å²) < 4.78 is 25.3. The Morgan fingerprint density at radius 2 is 1.83 bits per heavy atom. The summed E-state index contributed by atoms with van der Waals surface area (Å²) in [5, 5.41) is 0. The van der Waals surface area contributed by atoms with Gasteiger partial charge in [-0.3, -0.25) is 9.69 Å². The molecule has 5 heteroatoms. The molecule has 0 atom stereocenters. The third-order valence-corrected chi connectivity index (χ3v) is 1.68. The second-order valence-corrected chi connectivity index (χ2v) is 2.53. The summed E-state index contributed by atoms with van der Waals surface area (Å²) in [6.45, 7) is 3.88. The quantitative estimate of drug-likeness (QED) is 0.667. The van der Waals surface area contributed by atoms with Crippen LogP contribution in [-0.4, -0.2) is 36.4 Å². The number of rotatable bonds is 5. The Balaban J connectivity index is 4.12. The largest absolute Gasteiger partial charge is 0.364 e. The van der Waals surface area contributed by atoms with Crippen LogP contribution in [0.3, 0.4) is 0 Å². The molecule has 3 nitrogen and oxygen atoms in total. The minimum absolute atomic E-state index is 0.485. The molecule has 0 saturated carbocycles. The van der Waals surface area contributed by atoms with E-state index in [9.17, 15) is 13.6 Å². The number of hydrogen-bond donors (Lipinski definition) is 1. The van der Waals surface area contributed by atoms with Crippen LogP contribution in [0.5, 0.6) is 0 Å². The maximum absolute atomic E-state index is 12.7. The maximum Gasteiger partial charge on any atom is 0.336 e. The van der Waals surface area contributed by atoms with E-state index in [1.165, 1.54) is 4.90 Å². The highest BCUT2D eigenvalue weighted by Crippen LogP contribution is 2.13. The zero-order valence-corrected chi connectivity index (χ0v) is 7.31. The van der Waals surface area contributed by atoms with Gasteiger partial charge in [-0.15, -0.1) is 0 Å². The summed E-state index contributed by atoms with van der Waals surface area (Å²) in [7, 11) is 0. The van der Waals surface area contributed by atoms with Gasteiger partial charge in [-0.2, -0.15) is 8.78 Å². The van der Waals surface area contributed by atoms with Crippen molar-refractivity contribution in [3.05, 3.63) is 0 Å². The molecule has 0 rings (SSSR count). The molecular weight excluding hydrogens is 166 g/mol. The van der Waals surface area contributed by atoms with Crippen LogP contribution in [0.4, 0.5) is 8.78 Å². The van der Waals surface area contributed by atoms with E-state index in [-0.39, 0.29) is 0 Å². The summed E-state index contributed by atoms with van der Waals surface area (Å²) in [6.07, 6.45) is 0. The van der Waals surface area contributed by atoms with Crippen molar-refractivity contribution in [2.75, 3.05) is 19.6 Å². The summed E-state index contributed by atoms with van der Waals surface area (Å²) in [5.74, 6) is -4.97. The number of primary amides is 1. The Bertz CT molecular complexity index is 157. The summed E-state index contributed by atoms with van der Waals surface area (Å²) in [5.41, 5.74) is 4.51. The number of carbonyl (C=O) groups is 1. The molecule has 0 aliphatic rings. The zero-order valence-electron chi connectivity index (χ0n) is 7.31. The maximum atomic E-state index is 12.7. The molecule has 72 valence electrons. The summed E-state index contributed by atoms with van der Waals surface area (Å²) >= 11 is 0. The van der Waals surface area contributed by atoms with E-state index in [1.807, 2.05) is 0 Å². The first kappa shape index (κ1) is 11.3. The lowest BCUT2D eigenvalue weighted by atomic mass is 10.3. The number of carbonyl (C=O) groups excluding carboxylic acids is 1. The smallest absolute Gasteiger partial charge is 0.336 e. The number of nitrogens with zero attached hydrogens (tertiary/aromatic N) is 1. The predicted molar refractivity (Wildman–Crippen MR) is 41.9 cm³/mol. The molecule has 1 amide bonds. The monoisotopic (exact) mass is 180 g/mol. The van der Waals surface area contributed by atoms with Crippen molar-refractivity contribution in [2.45, 2.75) is 19.8 Å². The van der Waals surface area contributed by atoms with Crippen molar-refractivity contribution in [3.8, 4) is 0 Å². The lowest BCUT2D eigenvalue weighted by molar-refractivity contribution is -0.144. The summed E-state index contributed by atoms with van der Waals surface area (Å²) in [4.78, 5) is 11.7. The SMILES string of the molecule is CCN(CC)CC(F)(F)C(N)=O. The highest BCUT2D eigenvalue weighted by molar-refractivity contribution is 5.81. The Morgan fingerprint density at radius 1 is 1.42 bits per heavy atom. The number of amides is 1. The molecular formula is C7H14F2N2O. The van der Waals surface area contributed by atoms with Gasteiger partial charge >= 0.3 is 5.92 Å². The molecule has 0 fully saturated rings. The molecule has 2 N–H and O–H groups in total. The van der Waals surface area contributed by atoms with E-state index >= 15 is 0 Å². The highest BCUT2D eigenvalue weighted by atomic mass is 19.3. The van der Waals surface area contributed by atoms with E-state index in [4.69, 9.17) is 0 Å². The Kier molecular flexibility index (Phi) is 4.09. The van der Waals surface area contributed by atoms with Crippen LogP contribution in [0, 0.1) is 0 Å². The highest BCUT2D eigenvalue weighted by Gasteiger charge is 2.37. The average Bonchev–Trinajstić information content (AvgIpc) is 2.00. The normalized spacial score (nSPS) is 12.1. The molecule has 0 radical (unpaired) electrons. The fourth-order valence-corrected chi connectivity index (χ4v) is 0.806. The topological polar surface area (TPSA) is 46.3 Å². The van der Waals surface area contributed by atoms with Crippen LogP contribution in [0.25, 0.3) is 0 Å². The van der Waals surface area contributed by atoms with Crippen molar-refractivity contribution in [2.24, 2.45) is 5.73 Å². The second-order valence-electron chi connectivity index (χ2n) is 2.53. The van der Waals surface area contributed by atoms with E-state index < -0.39 is 18.4 Å². The third kappa shape index (κ3) is 3.13. The van der Waals surface area contributed by atoms with Crippen LogP contribution in [0.2, 0.25) is 0 Å². The second kappa shape index (κ2) is 4.35. The van der Waals surface area contributed by atoms with Gasteiger partial charge in [-0.05, 0) is 13.1 Å². The van der Waals surface area contributed by atoms with Crippen molar-refractivity contribution in [3.63, 3.8) is 0 Å². The lowest BCUT2D eigenvalue weighted by Gasteiger charge is -2.22. The summed E-state index contributed by atoms with van der Waals surface area (Å²) in [6, 6.07) is 0. The fourth-order valence-electron chi connectivity index (χ4n) is 0.806. The number of halogens is 2. The number of nitrogens with two attached hydrogens (primary N) is 1. The fraction of sp³-hybridized carbons (Fsp3) is 0.857. The van der Waals surface area contributed by atoms with E-state index in [2.05, 4.69) is 5.73 Å². The van der Waals surface area contributed by atoms with Gasteiger partial charge in [0, 0.05) is 0 Å². The number of hydrogen-bond acceptors (Lipinski definition) is 2. The van der Waals surface area contributed by atoms with Gasteiger partial charge in [0.05, 0.1) is 6.54 Å². The standard InChI is InChI=1S/C7H14F2N2O/c1-3-11(4-2)5-7(8,9)6(10)12/h3-5H2,1-2H3,(H2,10,12). The first-order chi connectivity index (χ1) is 5.44. The van der Waals surface area contributed by atoms with Gasteiger partial charge < -0.3 is 5.73 Å². The molecule has 0 saturated heterocycles. The molecule has 0 bridgehead atoms. The van der Waals surface area contributed by atoms with Crippen LogP contribution in [0.1, 0.15) is 13.8 Å². The average molecular weight is 180 g/mol. The van der Waals surface area contributed by atoms with E-state index in [1.54, 1.807) is 13.8 Å². The van der Waals surface area contributed by atoms with Gasteiger partial charge in [-0.25, -0.2) is 0 Å². The molecule has 12 heavy (non-hydrogen) atoms. The van der Waals surface area contributed by atoms with Crippen LogP contribution < -0.4 is 5.73 Å². The van der Waals surface area contributed by atoms with Crippen molar-refractivity contribution in [1.82, 2.24) is 4.90 Å². The first-order valence-electron chi connectivity index (χ1n) is 3.84. The first-order valence-corrected chi connectivity index (χ1v) is 3.84. The minimum atomic E-state index is -3.41. The molecule has 0 aliphatic heterocycles. The Labute approximate surface area is 70.5 Å². The molecule has 0 unspecified atom stereocenters. The molecule has 0 spiro atoms. The van der Waals surface area contributed by atoms with Crippen LogP contribution in [-0.2, 0) is 4.79 Å². The third-order valence-electron chi connectivity index (χ3n) is 1.68. The minimum Gasteiger partial charge on any atom is -0.364 e. The van der Waals surface area contributed by atoms with Gasteiger partial charge in [-0.1, -0.05) is 13.8 Å². The zero-order chi connectivity index (χ0) is 9.78. The molecule has 0 aromatic heterocycles. The van der Waals surface area contributed by atoms with Gasteiger partial charge in [0.2, 0.25) is 0 Å². The van der Waals surface area contributed by atoms with Crippen LogP contribution in [0.15, 0.2) is 0 Å². The molecule has 0 aliphatic carbocycles. The number of alkyl halides is 2. The predicted octanol–water partition coefficient (Wildman–Crippen LogP) is 0.449. The van der Waals surface area contributed by atoms with Crippen molar-refractivity contribution in [1.29, 1.82) is 0 Å². The van der Waals surface area contributed by atoms with E-state index in [0.717, 1.165) is 0 Å². The lowest BCUT2D eigenvalue weighted by Crippen LogP contribution is -2.45.